The van der Waals surface area contributed by atoms with E-state index in [0.29, 0.717) is 0 Å². The highest BCUT2D eigenvalue weighted by atomic mass is 14.5. The van der Waals surface area contributed by atoms with Crippen molar-refractivity contribution in [3.8, 4) is 0 Å². The van der Waals surface area contributed by atoms with Gasteiger partial charge in [0.2, 0.25) is 0 Å². The Kier molecular flexibility index (Phi) is 4.53. The largest absolute Gasteiger partial charge is 0.404 e. The Morgan fingerprint density at radius 1 is 1.29 bits per heavy atom. The summed E-state index contributed by atoms with van der Waals surface area (Å²) in [4.78, 5) is 0. The van der Waals surface area contributed by atoms with Gasteiger partial charge in [0.15, 0.2) is 0 Å². The first-order chi connectivity index (χ1) is 8.15. The summed E-state index contributed by atoms with van der Waals surface area (Å²) in [7, 11) is 0. The molecule has 1 nitrogen and oxygen atoms in total. The van der Waals surface area contributed by atoms with Crippen LogP contribution in [-0.2, 0) is 0 Å². The molecule has 0 atom stereocenters. The number of nitrogens with two attached hydrogens (primary N) is 1. The van der Waals surface area contributed by atoms with Crippen LogP contribution in [-0.4, -0.2) is 0 Å². The predicted octanol–water partition coefficient (Wildman–Crippen LogP) is 3.98. The van der Waals surface area contributed by atoms with Gasteiger partial charge in [-0.25, -0.2) is 0 Å². The van der Waals surface area contributed by atoms with Crippen LogP contribution in [0.25, 0.3) is 5.57 Å². The van der Waals surface area contributed by atoms with Crippen LogP contribution in [0.15, 0.2) is 66.9 Å². The summed E-state index contributed by atoms with van der Waals surface area (Å²) in [6.45, 7) is 11.9. The minimum Gasteiger partial charge on any atom is -0.404 e. The van der Waals surface area contributed by atoms with Crippen molar-refractivity contribution in [3.63, 3.8) is 0 Å². The van der Waals surface area contributed by atoms with Gasteiger partial charge in [0.1, 0.15) is 0 Å². The van der Waals surface area contributed by atoms with Crippen LogP contribution in [0.4, 0.5) is 0 Å². The monoisotopic (exact) mass is 225 g/mol. The molecule has 0 spiro atoms. The zero-order valence-corrected chi connectivity index (χ0v) is 10.5. The average molecular weight is 225 g/mol. The highest BCUT2D eigenvalue weighted by Crippen LogP contribution is 2.29. The van der Waals surface area contributed by atoms with E-state index >= 15 is 0 Å². The maximum Gasteiger partial charge on any atom is 0.00173 e. The van der Waals surface area contributed by atoms with E-state index in [1.54, 1.807) is 6.08 Å². The minimum absolute atomic E-state index is 0.862. The molecule has 0 amide bonds. The number of hydrogen-bond donors (Lipinski definition) is 1. The van der Waals surface area contributed by atoms with E-state index in [9.17, 15) is 0 Å². The summed E-state index contributed by atoms with van der Waals surface area (Å²) in [5, 5.41) is 0. The zero-order valence-electron chi connectivity index (χ0n) is 10.5. The Morgan fingerprint density at radius 3 is 2.41 bits per heavy atom. The van der Waals surface area contributed by atoms with Gasteiger partial charge < -0.3 is 5.73 Å². The highest BCUT2D eigenvalue weighted by molar-refractivity contribution is 5.84. The molecule has 0 aromatic heterocycles. The molecule has 0 radical (unpaired) electrons. The second kappa shape index (κ2) is 5.90. The Balaban J connectivity index is 3.24. The van der Waals surface area contributed by atoms with Crippen LogP contribution in [0, 0.1) is 6.92 Å². The molecule has 1 rings (SSSR count). The lowest BCUT2D eigenvalue weighted by atomic mass is 9.91. The van der Waals surface area contributed by atoms with Crippen LogP contribution in [0.2, 0.25) is 0 Å². The molecule has 0 aliphatic heterocycles. The van der Waals surface area contributed by atoms with E-state index in [2.05, 4.69) is 38.3 Å². The van der Waals surface area contributed by atoms with Gasteiger partial charge in [0.25, 0.3) is 0 Å². The summed E-state index contributed by atoms with van der Waals surface area (Å²) in [6, 6.07) is 8.24. The first-order valence-corrected chi connectivity index (χ1v) is 5.62. The third kappa shape index (κ3) is 2.76. The van der Waals surface area contributed by atoms with Crippen molar-refractivity contribution in [2.24, 2.45) is 5.73 Å². The van der Waals surface area contributed by atoms with Crippen molar-refractivity contribution < 1.29 is 0 Å². The fourth-order valence-corrected chi connectivity index (χ4v) is 1.81. The molecular formula is C16H19N. The molecule has 1 aromatic rings. The Labute approximate surface area is 104 Å². The lowest BCUT2D eigenvalue weighted by Crippen LogP contribution is -1.96. The smallest absolute Gasteiger partial charge is 0.00173 e. The molecule has 0 unspecified atom stereocenters. The summed E-state index contributed by atoms with van der Waals surface area (Å²) >= 11 is 0. The van der Waals surface area contributed by atoms with Crippen molar-refractivity contribution in [2.45, 2.75) is 13.8 Å². The number of rotatable bonds is 4. The van der Waals surface area contributed by atoms with Crippen LogP contribution < -0.4 is 5.73 Å². The van der Waals surface area contributed by atoms with Gasteiger partial charge in [-0.05, 0) is 41.7 Å². The molecular weight excluding hydrogens is 206 g/mol. The van der Waals surface area contributed by atoms with Gasteiger partial charge in [0, 0.05) is 6.20 Å². The van der Waals surface area contributed by atoms with E-state index in [1.165, 1.54) is 17.3 Å². The molecule has 0 saturated carbocycles. The van der Waals surface area contributed by atoms with Gasteiger partial charge in [-0.15, -0.1) is 0 Å². The highest BCUT2D eigenvalue weighted by Gasteiger charge is 2.09. The topological polar surface area (TPSA) is 26.0 Å². The molecule has 0 aliphatic carbocycles. The molecule has 0 saturated heterocycles. The fraction of sp³-hybridized carbons (Fsp3) is 0.125. The van der Waals surface area contributed by atoms with Crippen LogP contribution in [0.5, 0.6) is 0 Å². The van der Waals surface area contributed by atoms with Crippen LogP contribution in [0.1, 0.15) is 18.1 Å². The van der Waals surface area contributed by atoms with Gasteiger partial charge >= 0.3 is 0 Å². The first-order valence-electron chi connectivity index (χ1n) is 5.62. The van der Waals surface area contributed by atoms with E-state index in [1.807, 2.05) is 19.1 Å². The lowest BCUT2D eigenvalue weighted by Gasteiger charge is -2.13. The predicted molar refractivity (Wildman–Crippen MR) is 76.4 cm³/mol. The first kappa shape index (κ1) is 13.0. The summed E-state index contributed by atoms with van der Waals surface area (Å²) < 4.78 is 0. The van der Waals surface area contributed by atoms with Crippen molar-refractivity contribution in [3.05, 3.63) is 78.0 Å². The summed E-state index contributed by atoms with van der Waals surface area (Å²) in [6.07, 6.45) is 5.32. The Hall–Kier alpha value is -2.02. The van der Waals surface area contributed by atoms with Crippen LogP contribution in [0.3, 0.4) is 0 Å². The van der Waals surface area contributed by atoms with Gasteiger partial charge in [-0.2, -0.15) is 0 Å². The maximum atomic E-state index is 5.57. The minimum atomic E-state index is 0.862. The molecule has 0 aliphatic rings. The van der Waals surface area contributed by atoms with Crippen molar-refractivity contribution in [1.82, 2.24) is 0 Å². The number of benzene rings is 1. The number of aryl methyl sites for hydroxylation is 1. The quantitative estimate of drug-likeness (QED) is 0.770. The zero-order chi connectivity index (χ0) is 12.8. The van der Waals surface area contributed by atoms with Gasteiger partial charge in [-0.3, -0.25) is 0 Å². The van der Waals surface area contributed by atoms with Gasteiger partial charge in [-0.1, -0.05) is 49.6 Å². The van der Waals surface area contributed by atoms with E-state index in [-0.39, 0.29) is 0 Å². The van der Waals surface area contributed by atoms with Crippen molar-refractivity contribution in [1.29, 1.82) is 0 Å². The SMILES string of the molecule is C=C/C(=C\N)C(=C)/C(=C/C)c1ccccc1C. The van der Waals surface area contributed by atoms with E-state index < -0.39 is 0 Å². The lowest BCUT2D eigenvalue weighted by molar-refractivity contribution is 1.39. The molecule has 17 heavy (non-hydrogen) atoms. The van der Waals surface area contributed by atoms with Crippen molar-refractivity contribution >= 4 is 5.57 Å². The molecule has 88 valence electrons. The van der Waals surface area contributed by atoms with Crippen molar-refractivity contribution in [2.75, 3.05) is 0 Å². The normalized spacial score (nSPS) is 12.4. The molecule has 0 fully saturated rings. The molecule has 0 heterocycles. The second-order valence-electron chi connectivity index (χ2n) is 3.82. The van der Waals surface area contributed by atoms with Gasteiger partial charge in [0.05, 0.1) is 0 Å². The molecule has 1 heteroatoms. The fourth-order valence-electron chi connectivity index (χ4n) is 1.81. The average Bonchev–Trinajstić information content (AvgIpc) is 2.34. The Morgan fingerprint density at radius 2 is 1.94 bits per heavy atom. The molecule has 1 aromatic carbocycles. The second-order valence-corrected chi connectivity index (χ2v) is 3.82. The van der Waals surface area contributed by atoms with E-state index in [0.717, 1.165) is 16.7 Å². The third-order valence-electron chi connectivity index (χ3n) is 2.80. The van der Waals surface area contributed by atoms with Crippen LogP contribution >= 0.6 is 0 Å². The third-order valence-corrected chi connectivity index (χ3v) is 2.80. The summed E-state index contributed by atoms with van der Waals surface area (Å²) in [5.41, 5.74) is 10.8. The Bertz CT molecular complexity index is 490. The molecule has 2 N–H and O–H groups in total. The standard InChI is InChI=1S/C16H19N/c1-5-14(11-17)13(4)15(6-2)16-10-8-7-9-12(16)3/h5-11H,1,4,17H2,2-3H3/b14-11+,15-6-. The maximum absolute atomic E-state index is 5.57. The number of allylic oxidation sites excluding steroid dienone is 5. The number of hydrogen-bond acceptors (Lipinski definition) is 1. The molecule has 0 bridgehead atoms. The summed E-state index contributed by atoms with van der Waals surface area (Å²) in [5.74, 6) is 0. The van der Waals surface area contributed by atoms with E-state index in [4.69, 9.17) is 5.73 Å².